The molecule has 0 radical (unpaired) electrons. The Bertz CT molecular complexity index is 538. The van der Waals surface area contributed by atoms with Crippen LogP contribution in [0, 0.1) is 13.8 Å². The van der Waals surface area contributed by atoms with Crippen molar-refractivity contribution in [1.82, 2.24) is 10.3 Å². The second-order valence-corrected chi connectivity index (χ2v) is 6.90. The minimum absolute atomic E-state index is 0.377. The van der Waals surface area contributed by atoms with Gasteiger partial charge in [-0.05, 0) is 56.5 Å². The van der Waals surface area contributed by atoms with Gasteiger partial charge in [-0.1, -0.05) is 19.9 Å². The zero-order chi connectivity index (χ0) is 15.2. The number of pyridine rings is 1. The lowest BCUT2D eigenvalue weighted by molar-refractivity contribution is 0.531. The quantitative estimate of drug-likeness (QED) is 0.808. The summed E-state index contributed by atoms with van der Waals surface area (Å²) in [6.45, 7) is 9.83. The molecule has 0 aromatic carbocycles. The minimum atomic E-state index is 0.377. The highest BCUT2D eigenvalue weighted by molar-refractivity contribution is 7.12. The van der Waals surface area contributed by atoms with Gasteiger partial charge in [-0.25, -0.2) is 0 Å². The normalized spacial score (nSPS) is 12.6. The average Bonchev–Trinajstić information content (AvgIpc) is 2.83. The standard InChI is InChI=1S/C18H26N2S/c1-5-9-19-17(18-10-13(3)14(4)21-18)11-16-8-7-15(6-2)12-20-16/h7-8,10,12,17,19H,5-6,9,11H2,1-4H3. The molecule has 0 fully saturated rings. The fraction of sp³-hybridized carbons (Fsp3) is 0.500. The Morgan fingerprint density at radius 3 is 2.57 bits per heavy atom. The minimum Gasteiger partial charge on any atom is -0.309 e. The first kappa shape index (κ1) is 16.2. The molecule has 0 saturated heterocycles. The van der Waals surface area contributed by atoms with Gasteiger partial charge in [0, 0.05) is 34.1 Å². The van der Waals surface area contributed by atoms with Crippen molar-refractivity contribution in [3.8, 4) is 0 Å². The maximum Gasteiger partial charge on any atom is 0.0471 e. The van der Waals surface area contributed by atoms with Crippen LogP contribution in [0.25, 0.3) is 0 Å². The molecule has 0 bridgehead atoms. The zero-order valence-electron chi connectivity index (χ0n) is 13.6. The topological polar surface area (TPSA) is 24.9 Å². The van der Waals surface area contributed by atoms with Crippen LogP contribution < -0.4 is 5.32 Å². The highest BCUT2D eigenvalue weighted by Gasteiger charge is 2.15. The van der Waals surface area contributed by atoms with E-state index in [2.05, 4.69) is 56.2 Å². The van der Waals surface area contributed by atoms with E-state index in [1.165, 1.54) is 26.6 Å². The number of aryl methyl sites for hydroxylation is 3. The van der Waals surface area contributed by atoms with Crippen LogP contribution in [-0.2, 0) is 12.8 Å². The van der Waals surface area contributed by atoms with Gasteiger partial charge in [0.2, 0.25) is 0 Å². The molecule has 114 valence electrons. The third-order valence-corrected chi connectivity index (χ3v) is 5.14. The van der Waals surface area contributed by atoms with Crippen LogP contribution >= 0.6 is 11.3 Å². The van der Waals surface area contributed by atoms with E-state index >= 15 is 0 Å². The van der Waals surface area contributed by atoms with Crippen LogP contribution in [0.15, 0.2) is 24.4 Å². The van der Waals surface area contributed by atoms with Crippen LogP contribution in [-0.4, -0.2) is 11.5 Å². The van der Waals surface area contributed by atoms with E-state index in [9.17, 15) is 0 Å². The van der Waals surface area contributed by atoms with Gasteiger partial charge in [-0.3, -0.25) is 4.98 Å². The summed E-state index contributed by atoms with van der Waals surface area (Å²) < 4.78 is 0. The van der Waals surface area contributed by atoms with Crippen LogP contribution in [0.1, 0.15) is 52.9 Å². The number of aromatic nitrogens is 1. The van der Waals surface area contributed by atoms with Gasteiger partial charge in [0.05, 0.1) is 0 Å². The molecule has 2 heterocycles. The van der Waals surface area contributed by atoms with E-state index in [-0.39, 0.29) is 0 Å². The van der Waals surface area contributed by atoms with Gasteiger partial charge < -0.3 is 5.32 Å². The van der Waals surface area contributed by atoms with Crippen LogP contribution in [0.4, 0.5) is 0 Å². The Kier molecular flexibility index (Phi) is 5.95. The third-order valence-electron chi connectivity index (χ3n) is 3.88. The van der Waals surface area contributed by atoms with Crippen molar-refractivity contribution in [1.29, 1.82) is 0 Å². The van der Waals surface area contributed by atoms with Gasteiger partial charge in [0.15, 0.2) is 0 Å². The predicted octanol–water partition coefficient (Wildman–Crippen LogP) is 4.61. The van der Waals surface area contributed by atoms with Gasteiger partial charge in [-0.2, -0.15) is 0 Å². The van der Waals surface area contributed by atoms with E-state index < -0.39 is 0 Å². The number of nitrogens with zero attached hydrogens (tertiary/aromatic N) is 1. The summed E-state index contributed by atoms with van der Waals surface area (Å²) in [7, 11) is 0. The molecule has 21 heavy (non-hydrogen) atoms. The van der Waals surface area contributed by atoms with Gasteiger partial charge in [-0.15, -0.1) is 11.3 Å². The average molecular weight is 302 g/mol. The molecule has 2 nitrogen and oxygen atoms in total. The van der Waals surface area contributed by atoms with Crippen molar-refractivity contribution >= 4 is 11.3 Å². The molecule has 0 amide bonds. The summed E-state index contributed by atoms with van der Waals surface area (Å²) in [5.41, 5.74) is 3.87. The molecule has 0 aliphatic heterocycles. The van der Waals surface area contributed by atoms with Gasteiger partial charge in [0.25, 0.3) is 0 Å². The first-order valence-electron chi connectivity index (χ1n) is 7.88. The van der Waals surface area contributed by atoms with E-state index in [4.69, 9.17) is 0 Å². The fourth-order valence-electron chi connectivity index (χ4n) is 2.36. The largest absolute Gasteiger partial charge is 0.309 e. The van der Waals surface area contributed by atoms with Crippen molar-refractivity contribution in [2.75, 3.05) is 6.54 Å². The lowest BCUT2D eigenvalue weighted by Crippen LogP contribution is -2.23. The van der Waals surface area contributed by atoms with Crippen molar-refractivity contribution in [3.63, 3.8) is 0 Å². The summed E-state index contributed by atoms with van der Waals surface area (Å²) in [5, 5.41) is 3.67. The lowest BCUT2D eigenvalue weighted by Gasteiger charge is -2.17. The first-order valence-corrected chi connectivity index (χ1v) is 8.69. The maximum atomic E-state index is 4.62. The lowest BCUT2D eigenvalue weighted by atomic mass is 10.1. The fourth-order valence-corrected chi connectivity index (χ4v) is 3.48. The second kappa shape index (κ2) is 7.71. The molecule has 2 rings (SSSR count). The Hall–Kier alpha value is -1.19. The third kappa shape index (κ3) is 4.39. The molecule has 0 spiro atoms. The summed E-state index contributed by atoms with van der Waals surface area (Å²) in [6.07, 6.45) is 5.18. The number of rotatable bonds is 7. The zero-order valence-corrected chi connectivity index (χ0v) is 14.4. The van der Waals surface area contributed by atoms with Crippen molar-refractivity contribution in [3.05, 3.63) is 51.0 Å². The Morgan fingerprint density at radius 1 is 1.24 bits per heavy atom. The molecular formula is C18H26N2S. The van der Waals surface area contributed by atoms with Crippen LogP contribution in [0.2, 0.25) is 0 Å². The molecule has 3 heteroatoms. The number of hydrogen-bond donors (Lipinski definition) is 1. The summed E-state index contributed by atoms with van der Waals surface area (Å²) in [5.74, 6) is 0. The Morgan fingerprint density at radius 2 is 2.05 bits per heavy atom. The molecule has 1 unspecified atom stereocenters. The SMILES string of the molecule is CCCNC(Cc1ccc(CC)cn1)c1cc(C)c(C)s1. The van der Waals surface area contributed by atoms with Gasteiger partial charge in [0.1, 0.15) is 0 Å². The molecule has 0 aliphatic rings. The second-order valence-electron chi connectivity index (χ2n) is 5.61. The number of hydrogen-bond acceptors (Lipinski definition) is 3. The molecule has 2 aromatic heterocycles. The number of nitrogens with one attached hydrogen (secondary N) is 1. The Labute approximate surface area is 132 Å². The predicted molar refractivity (Wildman–Crippen MR) is 92.1 cm³/mol. The van der Waals surface area contributed by atoms with Crippen molar-refractivity contribution < 1.29 is 0 Å². The smallest absolute Gasteiger partial charge is 0.0471 e. The monoisotopic (exact) mass is 302 g/mol. The first-order chi connectivity index (χ1) is 10.1. The Balaban J connectivity index is 2.15. The molecule has 1 N–H and O–H groups in total. The van der Waals surface area contributed by atoms with Crippen molar-refractivity contribution in [2.45, 2.75) is 53.0 Å². The van der Waals surface area contributed by atoms with Gasteiger partial charge >= 0.3 is 0 Å². The van der Waals surface area contributed by atoms with E-state index in [0.717, 1.165) is 25.8 Å². The van der Waals surface area contributed by atoms with Crippen LogP contribution in [0.5, 0.6) is 0 Å². The summed E-state index contributed by atoms with van der Waals surface area (Å²) in [6, 6.07) is 7.08. The highest BCUT2D eigenvalue weighted by atomic mass is 32.1. The highest BCUT2D eigenvalue weighted by Crippen LogP contribution is 2.28. The van der Waals surface area contributed by atoms with E-state index in [0.29, 0.717) is 6.04 Å². The molecule has 0 saturated carbocycles. The molecule has 0 aliphatic carbocycles. The molecule has 1 atom stereocenters. The molecular weight excluding hydrogens is 276 g/mol. The maximum absolute atomic E-state index is 4.62. The van der Waals surface area contributed by atoms with Crippen LogP contribution in [0.3, 0.4) is 0 Å². The van der Waals surface area contributed by atoms with Crippen molar-refractivity contribution in [2.24, 2.45) is 0 Å². The van der Waals surface area contributed by atoms with E-state index in [1.54, 1.807) is 0 Å². The molecule has 2 aromatic rings. The number of thiophene rings is 1. The van der Waals surface area contributed by atoms with E-state index in [1.807, 2.05) is 17.5 Å². The summed E-state index contributed by atoms with van der Waals surface area (Å²) >= 11 is 1.91. The summed E-state index contributed by atoms with van der Waals surface area (Å²) in [4.78, 5) is 7.47.